The van der Waals surface area contributed by atoms with E-state index in [0.717, 1.165) is 0 Å². The Morgan fingerprint density at radius 1 is 0.545 bits per heavy atom. The quantitative estimate of drug-likeness (QED) is 0.294. The summed E-state index contributed by atoms with van der Waals surface area (Å²) in [4.78, 5) is 0. The van der Waals surface area contributed by atoms with Crippen LogP contribution in [-0.2, 0) is 0 Å². The maximum atomic E-state index is 2.62. The highest BCUT2D eigenvalue weighted by Gasteiger charge is 2.20. The van der Waals surface area contributed by atoms with Gasteiger partial charge in [-0.05, 0) is 53.4 Å². The third-order valence-corrected chi connectivity index (χ3v) is 7.73. The highest BCUT2D eigenvalue weighted by molar-refractivity contribution is 8.00. The van der Waals surface area contributed by atoms with Crippen molar-refractivity contribution in [3.8, 4) is 0 Å². The molecular weight excluding hydrogens is 308 g/mol. The monoisotopic (exact) mass is 348 g/mol. The van der Waals surface area contributed by atoms with Gasteiger partial charge in [0, 0.05) is 35.7 Å². The summed E-state index contributed by atoms with van der Waals surface area (Å²) in [6, 6.07) is 2.69. The van der Waals surface area contributed by atoms with E-state index in [2.05, 4.69) is 87.9 Å². The fourth-order valence-corrected chi connectivity index (χ4v) is 5.02. The molecule has 0 aliphatic carbocycles. The molecule has 0 aliphatic heterocycles. The van der Waals surface area contributed by atoms with Crippen molar-refractivity contribution >= 4 is 23.9 Å². The van der Waals surface area contributed by atoms with E-state index in [1.54, 1.807) is 0 Å². The fraction of sp³-hybridized carbons (Fsp3) is 1.00. The minimum atomic E-state index is 0.671. The van der Waals surface area contributed by atoms with Gasteiger partial charge in [-0.2, -0.15) is 0 Å². The van der Waals surface area contributed by atoms with Crippen molar-refractivity contribution < 1.29 is 0 Å². The summed E-state index contributed by atoms with van der Waals surface area (Å²) in [6.45, 7) is 18.6. The molecule has 4 heteroatoms. The van der Waals surface area contributed by atoms with E-state index in [-0.39, 0.29) is 0 Å². The van der Waals surface area contributed by atoms with Crippen LogP contribution in [0.5, 0.6) is 0 Å². The molecule has 0 bridgehead atoms. The van der Waals surface area contributed by atoms with E-state index < -0.39 is 0 Å². The van der Waals surface area contributed by atoms with Crippen molar-refractivity contribution in [1.29, 1.82) is 0 Å². The Bertz CT molecular complexity index is 217. The fourth-order valence-electron chi connectivity index (χ4n) is 2.38. The van der Waals surface area contributed by atoms with Gasteiger partial charge in [0.2, 0.25) is 0 Å². The van der Waals surface area contributed by atoms with Gasteiger partial charge in [0.05, 0.1) is 0 Å². The van der Waals surface area contributed by atoms with Crippen molar-refractivity contribution in [2.45, 2.75) is 105 Å². The van der Waals surface area contributed by atoms with Crippen LogP contribution in [0, 0.1) is 0 Å². The normalized spacial score (nSPS) is 17.7. The van der Waals surface area contributed by atoms with Crippen LogP contribution in [0.3, 0.4) is 0 Å². The van der Waals surface area contributed by atoms with E-state index in [9.17, 15) is 0 Å². The first kappa shape index (κ1) is 22.6. The molecule has 4 atom stereocenters. The first-order valence-electron chi connectivity index (χ1n) is 9.25. The van der Waals surface area contributed by atoms with Crippen molar-refractivity contribution in [2.24, 2.45) is 0 Å². The van der Waals surface area contributed by atoms with Crippen molar-refractivity contribution in [3.63, 3.8) is 0 Å². The predicted octanol–water partition coefficient (Wildman–Crippen LogP) is 6.08. The van der Waals surface area contributed by atoms with Gasteiger partial charge in [-0.3, -0.25) is 0 Å². The summed E-state index contributed by atoms with van der Waals surface area (Å²) >= 11 is 4.11. The number of hydrogen-bond donors (Lipinski definition) is 0. The Kier molecular flexibility index (Phi) is 13.3. The zero-order valence-electron chi connectivity index (χ0n) is 16.3. The predicted molar refractivity (Wildman–Crippen MR) is 108 cm³/mol. The maximum absolute atomic E-state index is 2.62. The standard InChI is InChI=1S/C18H40N2S2/c1-9-15(5)19(16(6)10-2)21-13-14-22-20(17(7)11-3)18(8)12-4/h15-18H,9-14H2,1-8H3. The second-order valence-electron chi connectivity index (χ2n) is 6.42. The lowest BCUT2D eigenvalue weighted by Crippen LogP contribution is -2.35. The number of nitrogens with zero attached hydrogens (tertiary/aromatic N) is 2. The molecule has 0 N–H and O–H groups in total. The van der Waals surface area contributed by atoms with Crippen molar-refractivity contribution in [2.75, 3.05) is 11.5 Å². The van der Waals surface area contributed by atoms with E-state index >= 15 is 0 Å². The highest BCUT2D eigenvalue weighted by Crippen LogP contribution is 2.26. The molecule has 4 unspecified atom stereocenters. The van der Waals surface area contributed by atoms with Crippen LogP contribution >= 0.6 is 23.9 Å². The van der Waals surface area contributed by atoms with Crippen LogP contribution in [-0.4, -0.2) is 44.3 Å². The number of hydrogen-bond acceptors (Lipinski definition) is 4. The van der Waals surface area contributed by atoms with Crippen LogP contribution in [0.25, 0.3) is 0 Å². The van der Waals surface area contributed by atoms with Crippen LogP contribution in [0.2, 0.25) is 0 Å². The van der Waals surface area contributed by atoms with Gasteiger partial charge in [0.25, 0.3) is 0 Å². The zero-order chi connectivity index (χ0) is 17.1. The lowest BCUT2D eigenvalue weighted by Gasteiger charge is -2.34. The van der Waals surface area contributed by atoms with E-state index in [1.165, 1.54) is 37.2 Å². The molecule has 134 valence electrons. The molecule has 0 amide bonds. The van der Waals surface area contributed by atoms with E-state index in [0.29, 0.717) is 24.2 Å². The van der Waals surface area contributed by atoms with E-state index in [4.69, 9.17) is 0 Å². The Balaban J connectivity index is 4.34. The van der Waals surface area contributed by atoms with E-state index in [1.807, 2.05) is 0 Å². The molecule has 0 radical (unpaired) electrons. The maximum Gasteiger partial charge on any atom is 0.0185 e. The van der Waals surface area contributed by atoms with Crippen LogP contribution in [0.1, 0.15) is 81.1 Å². The molecule has 0 aliphatic rings. The summed E-state index contributed by atoms with van der Waals surface area (Å²) < 4.78 is 5.24. The van der Waals surface area contributed by atoms with Gasteiger partial charge in [0.1, 0.15) is 0 Å². The molecule has 0 spiro atoms. The molecule has 0 saturated carbocycles. The molecule has 0 rings (SSSR count). The Labute approximate surface area is 149 Å². The summed E-state index contributed by atoms with van der Waals surface area (Å²) in [5.74, 6) is 2.42. The van der Waals surface area contributed by atoms with Crippen LogP contribution in [0.15, 0.2) is 0 Å². The van der Waals surface area contributed by atoms with Gasteiger partial charge in [-0.1, -0.05) is 51.6 Å². The molecule has 0 aromatic rings. The summed E-state index contributed by atoms with van der Waals surface area (Å²) in [5.41, 5.74) is 0. The molecule has 0 saturated heterocycles. The number of rotatable bonds is 13. The topological polar surface area (TPSA) is 6.48 Å². The summed E-state index contributed by atoms with van der Waals surface area (Å²) in [6.07, 6.45) is 4.93. The molecule has 2 nitrogen and oxygen atoms in total. The van der Waals surface area contributed by atoms with Crippen molar-refractivity contribution in [1.82, 2.24) is 8.61 Å². The Morgan fingerprint density at radius 3 is 0.955 bits per heavy atom. The lowest BCUT2D eigenvalue weighted by atomic mass is 10.2. The van der Waals surface area contributed by atoms with Crippen LogP contribution in [0.4, 0.5) is 0 Å². The minimum absolute atomic E-state index is 0.671. The third kappa shape index (κ3) is 7.94. The largest absolute Gasteiger partial charge is 0.245 e. The lowest BCUT2D eigenvalue weighted by molar-refractivity contribution is 0.288. The van der Waals surface area contributed by atoms with Gasteiger partial charge < -0.3 is 0 Å². The third-order valence-electron chi connectivity index (χ3n) is 4.67. The van der Waals surface area contributed by atoms with Crippen molar-refractivity contribution in [3.05, 3.63) is 0 Å². The van der Waals surface area contributed by atoms with Gasteiger partial charge in [-0.25, -0.2) is 8.61 Å². The molecular formula is C18H40N2S2. The highest BCUT2D eigenvalue weighted by atomic mass is 32.2. The van der Waals surface area contributed by atoms with Crippen LogP contribution < -0.4 is 0 Å². The second-order valence-corrected chi connectivity index (χ2v) is 8.59. The molecule has 22 heavy (non-hydrogen) atoms. The molecule has 0 aromatic heterocycles. The summed E-state index contributed by atoms with van der Waals surface area (Å²) in [7, 11) is 0. The average molecular weight is 349 g/mol. The first-order chi connectivity index (χ1) is 10.4. The first-order valence-corrected chi connectivity index (χ1v) is 11.1. The molecule has 0 heterocycles. The zero-order valence-corrected chi connectivity index (χ0v) is 17.9. The molecule has 0 fully saturated rings. The van der Waals surface area contributed by atoms with Gasteiger partial charge >= 0.3 is 0 Å². The van der Waals surface area contributed by atoms with Gasteiger partial charge in [0.15, 0.2) is 0 Å². The Hall–Kier alpha value is 0.620. The summed E-state index contributed by atoms with van der Waals surface area (Å²) in [5, 5.41) is 0. The molecule has 0 aromatic carbocycles. The smallest absolute Gasteiger partial charge is 0.0185 e. The SMILES string of the molecule is CCC(C)N(SCCSN(C(C)CC)C(C)CC)C(C)CC. The minimum Gasteiger partial charge on any atom is -0.245 e. The average Bonchev–Trinajstić information content (AvgIpc) is 2.55. The second kappa shape index (κ2) is 13.0. The Morgan fingerprint density at radius 2 is 0.773 bits per heavy atom. The van der Waals surface area contributed by atoms with Gasteiger partial charge in [-0.15, -0.1) is 0 Å².